The molecule has 3 aromatic rings. The van der Waals surface area contributed by atoms with Crippen molar-refractivity contribution < 1.29 is 23.8 Å². The lowest BCUT2D eigenvalue weighted by molar-refractivity contribution is -0.140. The predicted molar refractivity (Wildman–Crippen MR) is 130 cm³/mol. The first-order valence-electron chi connectivity index (χ1n) is 11.4. The van der Waals surface area contributed by atoms with Gasteiger partial charge in [0.05, 0.1) is 18.2 Å². The van der Waals surface area contributed by atoms with E-state index in [1.165, 1.54) is 23.1 Å². The number of aliphatic hydroxyl groups is 1. The molecule has 0 aliphatic carbocycles. The third kappa shape index (κ3) is 4.94. The van der Waals surface area contributed by atoms with E-state index < -0.39 is 23.5 Å². The van der Waals surface area contributed by atoms with E-state index in [1.54, 1.807) is 55.7 Å². The summed E-state index contributed by atoms with van der Waals surface area (Å²) in [5.41, 5.74) is 1.70. The number of likely N-dealkylation sites (tertiary alicyclic amines) is 1. The second-order valence-corrected chi connectivity index (χ2v) is 8.99. The molecule has 35 heavy (non-hydrogen) atoms. The van der Waals surface area contributed by atoms with E-state index >= 15 is 0 Å². The number of amides is 1. The maximum absolute atomic E-state index is 14.9. The van der Waals surface area contributed by atoms with Gasteiger partial charge in [-0.15, -0.1) is 0 Å². The van der Waals surface area contributed by atoms with Crippen LogP contribution >= 0.6 is 0 Å². The van der Waals surface area contributed by atoms with E-state index in [2.05, 4.69) is 4.98 Å². The Hall–Kier alpha value is -4.00. The van der Waals surface area contributed by atoms with Gasteiger partial charge in [-0.05, 0) is 54.3 Å². The Morgan fingerprint density at radius 2 is 1.91 bits per heavy atom. The summed E-state index contributed by atoms with van der Waals surface area (Å²) in [7, 11) is 0. The number of carbonyl (C=O) groups is 2. The second kappa shape index (κ2) is 10.1. The smallest absolute Gasteiger partial charge is 0.295 e. The van der Waals surface area contributed by atoms with Crippen LogP contribution in [0.5, 0.6) is 5.75 Å². The van der Waals surface area contributed by atoms with Gasteiger partial charge in [0, 0.05) is 30.1 Å². The highest BCUT2D eigenvalue weighted by atomic mass is 19.1. The summed E-state index contributed by atoms with van der Waals surface area (Å²) in [6, 6.07) is 13.5. The Morgan fingerprint density at radius 3 is 2.57 bits per heavy atom. The van der Waals surface area contributed by atoms with Gasteiger partial charge in [-0.3, -0.25) is 14.6 Å². The van der Waals surface area contributed by atoms with Crippen molar-refractivity contribution in [2.75, 3.05) is 6.61 Å². The van der Waals surface area contributed by atoms with E-state index in [1.807, 2.05) is 13.8 Å². The molecule has 1 aromatic heterocycles. The summed E-state index contributed by atoms with van der Waals surface area (Å²) in [6.45, 7) is 6.44. The highest BCUT2D eigenvalue weighted by Gasteiger charge is 2.47. The Bertz CT molecular complexity index is 1290. The number of nitrogens with zero attached hydrogens (tertiary/aromatic N) is 2. The lowest BCUT2D eigenvalue weighted by atomic mass is 9.93. The molecule has 1 fully saturated rings. The largest absolute Gasteiger partial charge is 0.507 e. The number of carbonyl (C=O) groups excluding carboxylic acids is 2. The van der Waals surface area contributed by atoms with E-state index in [0.29, 0.717) is 35.0 Å². The van der Waals surface area contributed by atoms with Gasteiger partial charge >= 0.3 is 0 Å². The molecular weight excluding hydrogens is 447 g/mol. The maximum Gasteiger partial charge on any atom is 0.295 e. The van der Waals surface area contributed by atoms with E-state index in [-0.39, 0.29) is 23.4 Å². The van der Waals surface area contributed by atoms with Crippen LogP contribution in [0.2, 0.25) is 0 Å². The number of aryl methyl sites for hydroxylation is 1. The number of ether oxygens (including phenoxy) is 1. The summed E-state index contributed by atoms with van der Waals surface area (Å²) in [5.74, 6) is -1.61. The molecule has 0 radical (unpaired) electrons. The Balaban J connectivity index is 1.81. The van der Waals surface area contributed by atoms with Crippen LogP contribution in [0, 0.1) is 18.7 Å². The van der Waals surface area contributed by atoms with Crippen molar-refractivity contribution in [1.29, 1.82) is 0 Å². The van der Waals surface area contributed by atoms with Crippen molar-refractivity contribution in [3.05, 3.63) is 101 Å². The van der Waals surface area contributed by atoms with Crippen LogP contribution in [0.1, 0.15) is 42.1 Å². The quantitative estimate of drug-likeness (QED) is 0.290. The predicted octanol–water partition coefficient (Wildman–Crippen LogP) is 5.19. The first kappa shape index (κ1) is 24.1. The number of ketones is 1. The third-order valence-corrected chi connectivity index (χ3v) is 5.85. The van der Waals surface area contributed by atoms with Gasteiger partial charge in [0.15, 0.2) is 0 Å². The molecule has 0 saturated carbocycles. The lowest BCUT2D eigenvalue weighted by Crippen LogP contribution is -2.29. The number of Topliss-reactive ketones (excluding diaryl/α,β-unsaturated/α-hetero) is 1. The van der Waals surface area contributed by atoms with Gasteiger partial charge in [-0.25, -0.2) is 4.39 Å². The fraction of sp³-hybridized carbons (Fsp3) is 0.250. The van der Waals surface area contributed by atoms with Gasteiger partial charge in [0.1, 0.15) is 17.3 Å². The molecule has 1 N–H and O–H groups in total. The van der Waals surface area contributed by atoms with Crippen molar-refractivity contribution in [2.45, 2.75) is 33.4 Å². The first-order chi connectivity index (χ1) is 16.8. The van der Waals surface area contributed by atoms with Crippen LogP contribution in [0.3, 0.4) is 0 Å². The number of hydrogen-bond acceptors (Lipinski definition) is 5. The molecular formula is C28H27FN2O4. The van der Waals surface area contributed by atoms with Crippen LogP contribution in [-0.2, 0) is 16.1 Å². The SMILES string of the molecule is Cc1cc(OCC(C)C)ccc1C(O)=C1C(=O)C(=O)N(Cc2cccnc2)[C@H]1c1ccccc1F. The van der Waals surface area contributed by atoms with Gasteiger partial charge < -0.3 is 14.7 Å². The van der Waals surface area contributed by atoms with Crippen LogP contribution < -0.4 is 4.74 Å². The van der Waals surface area contributed by atoms with Gasteiger partial charge in [0.2, 0.25) is 0 Å². The molecule has 2 heterocycles. The van der Waals surface area contributed by atoms with Gasteiger partial charge in [-0.1, -0.05) is 38.1 Å². The molecule has 180 valence electrons. The number of rotatable bonds is 7. The van der Waals surface area contributed by atoms with Crippen LogP contribution in [-0.4, -0.2) is 33.3 Å². The minimum atomic E-state index is -1.09. The first-order valence-corrected chi connectivity index (χ1v) is 11.4. The third-order valence-electron chi connectivity index (χ3n) is 5.85. The van der Waals surface area contributed by atoms with E-state index in [4.69, 9.17) is 4.74 Å². The van der Waals surface area contributed by atoms with Crippen molar-refractivity contribution in [3.63, 3.8) is 0 Å². The zero-order valence-electron chi connectivity index (χ0n) is 19.9. The summed E-state index contributed by atoms with van der Waals surface area (Å²) in [4.78, 5) is 31.6. The summed E-state index contributed by atoms with van der Waals surface area (Å²) >= 11 is 0. The molecule has 4 rings (SSSR count). The number of hydrogen-bond donors (Lipinski definition) is 1. The zero-order valence-corrected chi connectivity index (χ0v) is 19.9. The molecule has 1 aliphatic heterocycles. The summed E-state index contributed by atoms with van der Waals surface area (Å²) in [5, 5.41) is 11.3. The molecule has 1 saturated heterocycles. The highest BCUT2D eigenvalue weighted by Crippen LogP contribution is 2.41. The van der Waals surface area contributed by atoms with Crippen molar-refractivity contribution in [2.24, 2.45) is 5.92 Å². The van der Waals surface area contributed by atoms with Crippen LogP contribution in [0.4, 0.5) is 4.39 Å². The number of benzene rings is 2. The average Bonchev–Trinajstić information content (AvgIpc) is 3.08. The number of pyridine rings is 1. The lowest BCUT2D eigenvalue weighted by Gasteiger charge is -2.25. The Kier molecular flexibility index (Phi) is 6.96. The Morgan fingerprint density at radius 1 is 1.14 bits per heavy atom. The maximum atomic E-state index is 14.9. The van der Waals surface area contributed by atoms with E-state index in [9.17, 15) is 19.1 Å². The zero-order chi connectivity index (χ0) is 25.1. The van der Waals surface area contributed by atoms with Gasteiger partial charge in [-0.2, -0.15) is 0 Å². The van der Waals surface area contributed by atoms with Crippen LogP contribution in [0.25, 0.3) is 5.76 Å². The van der Waals surface area contributed by atoms with Gasteiger partial charge in [0.25, 0.3) is 11.7 Å². The van der Waals surface area contributed by atoms with Crippen LogP contribution in [0.15, 0.2) is 72.6 Å². The fourth-order valence-corrected chi connectivity index (χ4v) is 4.15. The molecule has 0 unspecified atom stereocenters. The van der Waals surface area contributed by atoms with Crippen molar-refractivity contribution >= 4 is 17.4 Å². The topological polar surface area (TPSA) is 79.7 Å². The normalized spacial score (nSPS) is 17.3. The molecule has 7 heteroatoms. The minimum absolute atomic E-state index is 0.0369. The minimum Gasteiger partial charge on any atom is -0.507 e. The van der Waals surface area contributed by atoms with E-state index in [0.717, 1.165) is 0 Å². The standard InChI is InChI=1S/C28H27FN2O4/c1-17(2)16-35-20-10-11-21(18(3)13-20)26(32)24-25(22-8-4-5-9-23(22)29)31(28(34)27(24)33)15-19-7-6-12-30-14-19/h4-14,17,25,32H,15-16H2,1-3H3/t25-/m0/s1. The molecule has 1 amide bonds. The highest BCUT2D eigenvalue weighted by molar-refractivity contribution is 6.46. The summed E-state index contributed by atoms with van der Waals surface area (Å²) < 4.78 is 20.7. The van der Waals surface area contributed by atoms with Crippen molar-refractivity contribution in [1.82, 2.24) is 9.88 Å². The monoisotopic (exact) mass is 474 g/mol. The van der Waals surface area contributed by atoms with Crippen molar-refractivity contribution in [3.8, 4) is 5.75 Å². The Labute approximate surface area is 203 Å². The molecule has 0 spiro atoms. The number of halogens is 1. The molecule has 1 atom stereocenters. The molecule has 2 aromatic carbocycles. The fourth-order valence-electron chi connectivity index (χ4n) is 4.15. The number of aliphatic hydroxyl groups excluding tert-OH is 1. The summed E-state index contributed by atoms with van der Waals surface area (Å²) in [6.07, 6.45) is 3.18. The number of aromatic nitrogens is 1. The second-order valence-electron chi connectivity index (χ2n) is 8.99. The molecule has 6 nitrogen and oxygen atoms in total. The molecule has 1 aliphatic rings. The molecule has 0 bridgehead atoms. The average molecular weight is 475 g/mol.